The Balaban J connectivity index is 2.02. The van der Waals surface area contributed by atoms with Gasteiger partial charge in [0.15, 0.2) is 0 Å². The second-order valence-electron chi connectivity index (χ2n) is 5.59. The number of amides is 1. The summed E-state index contributed by atoms with van der Waals surface area (Å²) in [5.74, 6) is -0.588. The van der Waals surface area contributed by atoms with Gasteiger partial charge in [0, 0.05) is 16.9 Å². The molecule has 132 valence electrons. The predicted octanol–water partition coefficient (Wildman–Crippen LogP) is 2.99. The molecule has 0 unspecified atom stereocenters. The minimum absolute atomic E-state index is 0.162. The largest absolute Gasteiger partial charge is 0.333 e. The lowest BCUT2D eigenvalue weighted by Crippen LogP contribution is -2.38. The molecule has 2 aromatic carbocycles. The van der Waals surface area contributed by atoms with Crippen molar-refractivity contribution in [2.45, 2.75) is 13.3 Å². The predicted molar refractivity (Wildman–Crippen MR) is 101 cm³/mol. The molecule has 1 amide bonds. The number of hydrogen-bond acceptors (Lipinski definition) is 3. The molecule has 0 aliphatic heterocycles. The van der Waals surface area contributed by atoms with E-state index in [-0.39, 0.29) is 5.56 Å². The molecule has 0 aliphatic rings. The molecule has 7 heteroatoms. The molecule has 26 heavy (non-hydrogen) atoms. The number of nitrogens with one attached hydrogen (secondary N) is 2. The normalized spacial score (nSPS) is 10.5. The van der Waals surface area contributed by atoms with Gasteiger partial charge in [-0.3, -0.25) is 9.59 Å². The summed E-state index contributed by atoms with van der Waals surface area (Å²) >= 11 is 5.84. The summed E-state index contributed by atoms with van der Waals surface area (Å²) in [6.45, 7) is 1.97. The van der Waals surface area contributed by atoms with Gasteiger partial charge in [-0.15, -0.1) is 0 Å². The number of H-pyrrole nitrogens is 1. The number of carbonyl (C=O) groups excluding carboxylic acids is 1. The minimum Gasteiger partial charge on any atom is -0.322 e. The van der Waals surface area contributed by atoms with Crippen molar-refractivity contribution in [2.24, 2.45) is 0 Å². The monoisotopic (exact) mass is 369 g/mol. The van der Waals surface area contributed by atoms with Crippen LogP contribution in [-0.2, 0) is 6.42 Å². The van der Waals surface area contributed by atoms with Gasteiger partial charge in [-0.2, -0.15) is 0 Å². The van der Waals surface area contributed by atoms with E-state index in [4.69, 9.17) is 11.6 Å². The third-order valence-corrected chi connectivity index (χ3v) is 4.20. The van der Waals surface area contributed by atoms with Crippen molar-refractivity contribution in [3.05, 3.63) is 91.7 Å². The molecule has 0 saturated heterocycles. The lowest BCUT2D eigenvalue weighted by atomic mass is 10.1. The molecule has 0 bridgehead atoms. The molecule has 0 spiro atoms. The fourth-order valence-electron chi connectivity index (χ4n) is 2.60. The summed E-state index contributed by atoms with van der Waals surface area (Å²) in [5.41, 5.74) is 0.395. The number of carbonyl (C=O) groups is 1. The van der Waals surface area contributed by atoms with Crippen LogP contribution in [0.4, 0.5) is 5.69 Å². The lowest BCUT2D eigenvalue weighted by Gasteiger charge is -2.10. The van der Waals surface area contributed by atoms with E-state index in [0.717, 1.165) is 22.7 Å². The molecule has 0 saturated carbocycles. The fourth-order valence-corrected chi connectivity index (χ4v) is 2.73. The zero-order chi connectivity index (χ0) is 18.7. The van der Waals surface area contributed by atoms with E-state index in [9.17, 15) is 14.4 Å². The summed E-state index contributed by atoms with van der Waals surface area (Å²) in [6.07, 6.45) is 1.86. The second kappa shape index (κ2) is 7.41. The maximum absolute atomic E-state index is 12.7. The van der Waals surface area contributed by atoms with Gasteiger partial charge in [-0.1, -0.05) is 36.7 Å². The molecule has 3 aromatic rings. The maximum atomic E-state index is 12.7. The van der Waals surface area contributed by atoms with E-state index in [1.165, 1.54) is 12.1 Å². The zero-order valence-corrected chi connectivity index (χ0v) is 14.7. The Bertz CT molecular complexity index is 1070. The Morgan fingerprint density at radius 2 is 1.81 bits per heavy atom. The van der Waals surface area contributed by atoms with E-state index in [1.54, 1.807) is 24.3 Å². The van der Waals surface area contributed by atoms with Crippen LogP contribution in [-0.4, -0.2) is 15.5 Å². The van der Waals surface area contributed by atoms with Crippen molar-refractivity contribution < 1.29 is 4.79 Å². The summed E-state index contributed by atoms with van der Waals surface area (Å²) in [7, 11) is 0. The van der Waals surface area contributed by atoms with E-state index in [2.05, 4.69) is 10.3 Å². The number of aromatic amines is 1. The first-order chi connectivity index (χ1) is 12.5. The third kappa shape index (κ3) is 3.45. The first kappa shape index (κ1) is 17.7. The molecule has 2 N–H and O–H groups in total. The molecule has 6 nitrogen and oxygen atoms in total. The Morgan fingerprint density at radius 3 is 2.50 bits per heavy atom. The van der Waals surface area contributed by atoms with Gasteiger partial charge in [0.1, 0.15) is 5.56 Å². The summed E-state index contributed by atoms with van der Waals surface area (Å²) in [6, 6.07) is 13.5. The third-order valence-electron chi connectivity index (χ3n) is 3.95. The van der Waals surface area contributed by atoms with Crippen LogP contribution in [0, 0.1) is 0 Å². The van der Waals surface area contributed by atoms with Crippen LogP contribution < -0.4 is 16.6 Å². The highest BCUT2D eigenvalue weighted by atomic mass is 35.5. The van der Waals surface area contributed by atoms with E-state index < -0.39 is 17.2 Å². The number of rotatable bonds is 4. The second-order valence-corrected chi connectivity index (χ2v) is 6.03. The Kier molecular flexibility index (Phi) is 5.04. The van der Waals surface area contributed by atoms with Crippen LogP contribution in [0.3, 0.4) is 0 Å². The average Bonchev–Trinajstić information content (AvgIpc) is 2.63. The van der Waals surface area contributed by atoms with Crippen molar-refractivity contribution in [1.82, 2.24) is 9.55 Å². The number of benzene rings is 2. The number of halogens is 1. The summed E-state index contributed by atoms with van der Waals surface area (Å²) in [4.78, 5) is 39.8. The van der Waals surface area contributed by atoms with Crippen LogP contribution in [0.1, 0.15) is 22.8 Å². The molecule has 0 aliphatic carbocycles. The van der Waals surface area contributed by atoms with Crippen molar-refractivity contribution in [3.63, 3.8) is 0 Å². The lowest BCUT2D eigenvalue weighted by molar-refractivity contribution is 0.102. The summed E-state index contributed by atoms with van der Waals surface area (Å²) < 4.78 is 0.900. The van der Waals surface area contributed by atoms with Crippen LogP contribution in [0.15, 0.2) is 64.3 Å². The Morgan fingerprint density at radius 1 is 1.12 bits per heavy atom. The molecular formula is C19H16ClN3O3. The minimum atomic E-state index is -0.706. The summed E-state index contributed by atoms with van der Waals surface area (Å²) in [5, 5.41) is 3.21. The van der Waals surface area contributed by atoms with Gasteiger partial charge < -0.3 is 10.3 Å². The van der Waals surface area contributed by atoms with Crippen LogP contribution in [0.5, 0.6) is 0 Å². The van der Waals surface area contributed by atoms with Gasteiger partial charge in [0.25, 0.3) is 11.5 Å². The van der Waals surface area contributed by atoms with E-state index in [0.29, 0.717) is 16.4 Å². The Hall–Kier alpha value is -3.12. The quantitative estimate of drug-likeness (QED) is 0.741. The number of para-hydroxylation sites is 1. The molecule has 0 atom stereocenters. The highest BCUT2D eigenvalue weighted by Gasteiger charge is 2.16. The number of nitrogens with zero attached hydrogens (tertiary/aromatic N) is 1. The Labute approximate surface area is 154 Å². The van der Waals surface area contributed by atoms with Gasteiger partial charge >= 0.3 is 5.69 Å². The van der Waals surface area contributed by atoms with Crippen LogP contribution in [0.2, 0.25) is 5.02 Å². The first-order valence-electron chi connectivity index (χ1n) is 8.01. The number of aryl methyl sites for hydroxylation is 1. The molecule has 1 heterocycles. The number of anilines is 1. The average molecular weight is 370 g/mol. The first-order valence-corrected chi connectivity index (χ1v) is 8.39. The standard InChI is InChI=1S/C19H16ClN3O3/c1-2-12-5-3-4-6-16(12)22-17(24)15-11-21-19(26)23(18(15)25)14-9-7-13(20)8-10-14/h3-11H,2H2,1H3,(H,21,26)(H,22,24). The van der Waals surface area contributed by atoms with Gasteiger partial charge in [-0.05, 0) is 42.3 Å². The SMILES string of the molecule is CCc1ccccc1NC(=O)c1c[nH]c(=O)n(-c2ccc(Cl)cc2)c1=O. The zero-order valence-electron chi connectivity index (χ0n) is 14.0. The molecule has 1 aromatic heterocycles. The van der Waals surface area contributed by atoms with Crippen LogP contribution >= 0.6 is 11.6 Å². The fraction of sp³-hybridized carbons (Fsp3) is 0.105. The highest BCUT2D eigenvalue weighted by Crippen LogP contribution is 2.16. The van der Waals surface area contributed by atoms with Crippen molar-refractivity contribution >= 4 is 23.2 Å². The maximum Gasteiger partial charge on any atom is 0.333 e. The number of hydrogen-bond donors (Lipinski definition) is 2. The van der Waals surface area contributed by atoms with Gasteiger partial charge in [0.05, 0.1) is 5.69 Å². The van der Waals surface area contributed by atoms with E-state index >= 15 is 0 Å². The number of aromatic nitrogens is 2. The van der Waals surface area contributed by atoms with Crippen molar-refractivity contribution in [3.8, 4) is 5.69 Å². The van der Waals surface area contributed by atoms with Gasteiger partial charge in [-0.25, -0.2) is 9.36 Å². The smallest absolute Gasteiger partial charge is 0.322 e. The van der Waals surface area contributed by atoms with E-state index in [1.807, 2.05) is 19.1 Å². The molecule has 3 rings (SSSR count). The molecule has 0 fully saturated rings. The highest BCUT2D eigenvalue weighted by molar-refractivity contribution is 6.30. The van der Waals surface area contributed by atoms with Crippen LogP contribution in [0.25, 0.3) is 5.69 Å². The van der Waals surface area contributed by atoms with Crippen molar-refractivity contribution in [2.75, 3.05) is 5.32 Å². The topological polar surface area (TPSA) is 84.0 Å². The molecule has 0 radical (unpaired) electrons. The van der Waals surface area contributed by atoms with Gasteiger partial charge in [0.2, 0.25) is 0 Å². The van der Waals surface area contributed by atoms with Crippen molar-refractivity contribution in [1.29, 1.82) is 0 Å². The molecular weight excluding hydrogens is 354 g/mol.